The zero-order valence-electron chi connectivity index (χ0n) is 12.3. The fraction of sp³-hybridized carbons (Fsp3) is 0.400. The van der Waals surface area contributed by atoms with Gasteiger partial charge in [0.15, 0.2) is 0 Å². The number of anilines is 1. The molecule has 0 saturated heterocycles. The first-order valence-corrected chi connectivity index (χ1v) is 6.67. The Bertz CT molecular complexity index is 523. The standard InChI is InChI=1S/C15H19NO5/c1-4-21-15(20)11-5-7-12(8-6-11)16-13(17)9(2)10(3)14(18)19/h5-10H,4H2,1-3H3,(H,16,17)(H,18,19). The molecule has 21 heavy (non-hydrogen) atoms. The molecule has 1 aromatic carbocycles. The molecule has 0 fully saturated rings. The zero-order chi connectivity index (χ0) is 16.0. The van der Waals surface area contributed by atoms with Gasteiger partial charge in [-0.2, -0.15) is 0 Å². The molecule has 0 aliphatic heterocycles. The second-order valence-corrected chi connectivity index (χ2v) is 4.70. The third-order valence-corrected chi connectivity index (χ3v) is 3.22. The molecular weight excluding hydrogens is 274 g/mol. The van der Waals surface area contributed by atoms with Crippen LogP contribution in [-0.2, 0) is 14.3 Å². The Labute approximate surface area is 123 Å². The molecule has 1 rings (SSSR count). The van der Waals surface area contributed by atoms with Crippen LogP contribution in [0.4, 0.5) is 5.69 Å². The van der Waals surface area contributed by atoms with Crippen LogP contribution in [0, 0.1) is 11.8 Å². The quantitative estimate of drug-likeness (QED) is 0.784. The molecule has 6 heteroatoms. The number of carbonyl (C=O) groups excluding carboxylic acids is 2. The largest absolute Gasteiger partial charge is 0.481 e. The van der Waals surface area contributed by atoms with Crippen molar-refractivity contribution in [1.29, 1.82) is 0 Å². The average Bonchev–Trinajstić information content (AvgIpc) is 2.46. The van der Waals surface area contributed by atoms with Crippen molar-refractivity contribution < 1.29 is 24.2 Å². The van der Waals surface area contributed by atoms with E-state index in [2.05, 4.69) is 5.32 Å². The summed E-state index contributed by atoms with van der Waals surface area (Å²) in [5.41, 5.74) is 0.888. The van der Waals surface area contributed by atoms with Crippen molar-refractivity contribution in [2.24, 2.45) is 11.8 Å². The minimum atomic E-state index is -1.02. The van der Waals surface area contributed by atoms with Gasteiger partial charge in [-0.25, -0.2) is 4.79 Å². The van der Waals surface area contributed by atoms with E-state index >= 15 is 0 Å². The highest BCUT2D eigenvalue weighted by Gasteiger charge is 2.25. The molecule has 0 aliphatic rings. The predicted octanol–water partition coefficient (Wildman–Crippen LogP) is 2.16. The van der Waals surface area contributed by atoms with Crippen LogP contribution in [0.3, 0.4) is 0 Å². The van der Waals surface area contributed by atoms with Gasteiger partial charge in [-0.1, -0.05) is 13.8 Å². The van der Waals surface area contributed by atoms with Crippen molar-refractivity contribution in [2.45, 2.75) is 20.8 Å². The van der Waals surface area contributed by atoms with Crippen molar-refractivity contribution in [3.05, 3.63) is 29.8 Å². The van der Waals surface area contributed by atoms with Crippen LogP contribution in [0.15, 0.2) is 24.3 Å². The van der Waals surface area contributed by atoms with Crippen LogP contribution in [0.5, 0.6) is 0 Å². The van der Waals surface area contributed by atoms with E-state index < -0.39 is 23.8 Å². The highest BCUT2D eigenvalue weighted by molar-refractivity contribution is 5.95. The molecule has 0 spiro atoms. The number of carbonyl (C=O) groups is 3. The third kappa shape index (κ3) is 4.59. The van der Waals surface area contributed by atoms with Crippen molar-refractivity contribution in [1.82, 2.24) is 0 Å². The van der Waals surface area contributed by atoms with Gasteiger partial charge in [-0.05, 0) is 31.2 Å². The minimum Gasteiger partial charge on any atom is -0.481 e. The van der Waals surface area contributed by atoms with E-state index in [0.717, 1.165) is 0 Å². The van der Waals surface area contributed by atoms with Crippen LogP contribution >= 0.6 is 0 Å². The molecule has 2 N–H and O–H groups in total. The smallest absolute Gasteiger partial charge is 0.338 e. The first-order chi connectivity index (χ1) is 9.86. The fourth-order valence-electron chi connectivity index (χ4n) is 1.60. The van der Waals surface area contributed by atoms with Gasteiger partial charge in [0.2, 0.25) is 5.91 Å². The van der Waals surface area contributed by atoms with E-state index in [-0.39, 0.29) is 5.91 Å². The summed E-state index contributed by atoms with van der Waals surface area (Å²) in [5, 5.41) is 11.5. The lowest BCUT2D eigenvalue weighted by atomic mass is 9.95. The molecule has 1 aromatic rings. The molecular formula is C15H19NO5. The van der Waals surface area contributed by atoms with Gasteiger partial charge in [0.25, 0.3) is 0 Å². The Morgan fingerprint density at radius 2 is 1.71 bits per heavy atom. The Balaban J connectivity index is 2.69. The summed E-state index contributed by atoms with van der Waals surface area (Å²) in [6.45, 7) is 5.05. The van der Waals surface area contributed by atoms with E-state index in [9.17, 15) is 14.4 Å². The SMILES string of the molecule is CCOC(=O)c1ccc(NC(=O)C(C)C(C)C(=O)O)cc1. The number of hydrogen-bond acceptors (Lipinski definition) is 4. The maximum atomic E-state index is 11.9. The number of rotatable bonds is 6. The number of carboxylic acid groups (broad SMARTS) is 1. The lowest BCUT2D eigenvalue weighted by molar-refractivity contribution is -0.145. The van der Waals surface area contributed by atoms with Crippen molar-refractivity contribution in [2.75, 3.05) is 11.9 Å². The summed E-state index contributed by atoms with van der Waals surface area (Å²) in [4.78, 5) is 34.2. The monoisotopic (exact) mass is 293 g/mol. The Morgan fingerprint density at radius 3 is 2.19 bits per heavy atom. The number of ether oxygens (including phenoxy) is 1. The molecule has 0 aliphatic carbocycles. The normalized spacial score (nSPS) is 13.1. The molecule has 0 heterocycles. The molecule has 0 saturated carbocycles. The van der Waals surface area contributed by atoms with Gasteiger partial charge in [0, 0.05) is 11.6 Å². The summed E-state index contributed by atoms with van der Waals surface area (Å²) < 4.78 is 4.85. The lowest BCUT2D eigenvalue weighted by Gasteiger charge is -2.15. The molecule has 0 bridgehead atoms. The van der Waals surface area contributed by atoms with E-state index in [4.69, 9.17) is 9.84 Å². The first-order valence-electron chi connectivity index (χ1n) is 6.67. The molecule has 0 radical (unpaired) electrons. The molecule has 0 aromatic heterocycles. The van der Waals surface area contributed by atoms with Gasteiger partial charge < -0.3 is 15.2 Å². The van der Waals surface area contributed by atoms with E-state index in [1.807, 2.05) is 0 Å². The van der Waals surface area contributed by atoms with Crippen LogP contribution in [0.2, 0.25) is 0 Å². The number of carboxylic acids is 1. The second kappa shape index (κ2) is 7.42. The second-order valence-electron chi connectivity index (χ2n) is 4.70. The zero-order valence-corrected chi connectivity index (χ0v) is 12.3. The summed E-state index contributed by atoms with van der Waals surface area (Å²) in [7, 11) is 0. The summed E-state index contributed by atoms with van der Waals surface area (Å²) in [6, 6.07) is 6.22. The predicted molar refractivity (Wildman–Crippen MR) is 77.0 cm³/mol. The molecule has 6 nitrogen and oxygen atoms in total. The first kappa shape index (κ1) is 16.7. The number of hydrogen-bond donors (Lipinski definition) is 2. The highest BCUT2D eigenvalue weighted by atomic mass is 16.5. The van der Waals surface area contributed by atoms with Gasteiger partial charge in [-0.15, -0.1) is 0 Å². The third-order valence-electron chi connectivity index (χ3n) is 3.22. The molecule has 2 unspecified atom stereocenters. The lowest BCUT2D eigenvalue weighted by Crippen LogP contribution is -2.29. The Kier molecular flexibility index (Phi) is 5.90. The Morgan fingerprint density at radius 1 is 1.14 bits per heavy atom. The fourth-order valence-corrected chi connectivity index (χ4v) is 1.60. The van der Waals surface area contributed by atoms with Gasteiger partial charge in [0.1, 0.15) is 0 Å². The van der Waals surface area contributed by atoms with Crippen LogP contribution in [0.1, 0.15) is 31.1 Å². The molecule has 114 valence electrons. The van der Waals surface area contributed by atoms with E-state index in [1.165, 1.54) is 6.92 Å². The minimum absolute atomic E-state index is 0.294. The number of benzene rings is 1. The molecule has 2 atom stereocenters. The van der Waals surface area contributed by atoms with Crippen molar-refractivity contribution in [3.8, 4) is 0 Å². The summed E-state index contributed by atoms with van der Waals surface area (Å²) in [5.74, 6) is -3.26. The average molecular weight is 293 g/mol. The van der Waals surface area contributed by atoms with Crippen molar-refractivity contribution >= 4 is 23.5 Å². The van der Waals surface area contributed by atoms with E-state index in [1.54, 1.807) is 38.1 Å². The molecule has 1 amide bonds. The van der Waals surface area contributed by atoms with Crippen LogP contribution in [0.25, 0.3) is 0 Å². The summed E-state index contributed by atoms with van der Waals surface area (Å²) in [6.07, 6.45) is 0. The van der Waals surface area contributed by atoms with Gasteiger partial charge in [-0.3, -0.25) is 9.59 Å². The maximum Gasteiger partial charge on any atom is 0.338 e. The highest BCUT2D eigenvalue weighted by Crippen LogP contribution is 2.16. The number of aliphatic carboxylic acids is 1. The number of amides is 1. The number of nitrogens with one attached hydrogen (secondary N) is 1. The summed E-state index contributed by atoms with van der Waals surface area (Å²) >= 11 is 0. The maximum absolute atomic E-state index is 11.9. The van der Waals surface area contributed by atoms with Crippen LogP contribution in [-0.4, -0.2) is 29.6 Å². The van der Waals surface area contributed by atoms with E-state index in [0.29, 0.717) is 17.9 Å². The van der Waals surface area contributed by atoms with Gasteiger partial charge in [0.05, 0.1) is 18.1 Å². The van der Waals surface area contributed by atoms with Crippen molar-refractivity contribution in [3.63, 3.8) is 0 Å². The Hall–Kier alpha value is -2.37. The topological polar surface area (TPSA) is 92.7 Å². The van der Waals surface area contributed by atoms with Gasteiger partial charge >= 0.3 is 11.9 Å². The van der Waals surface area contributed by atoms with Crippen LogP contribution < -0.4 is 5.32 Å². The number of esters is 1.